The van der Waals surface area contributed by atoms with Gasteiger partial charge in [0.05, 0.1) is 11.3 Å². The van der Waals surface area contributed by atoms with Gasteiger partial charge in [-0.1, -0.05) is 41.6 Å². The molecule has 0 unspecified atom stereocenters. The van der Waals surface area contributed by atoms with Crippen LogP contribution in [0.5, 0.6) is 0 Å². The molecule has 2 aromatic carbocycles. The van der Waals surface area contributed by atoms with E-state index in [4.69, 9.17) is 17.3 Å². The molecule has 0 aliphatic carbocycles. The zero-order chi connectivity index (χ0) is 19.5. The van der Waals surface area contributed by atoms with Gasteiger partial charge in [0.15, 0.2) is 11.0 Å². The van der Waals surface area contributed by atoms with Crippen LogP contribution in [0.3, 0.4) is 0 Å². The molecule has 0 atom stereocenters. The number of hydrogen-bond acceptors (Lipinski definition) is 6. The van der Waals surface area contributed by atoms with E-state index in [-0.39, 0.29) is 0 Å². The molecule has 4 aromatic rings. The minimum Gasteiger partial charge on any atom is -0.383 e. The Balaban J connectivity index is 1.61. The third-order valence-electron chi connectivity index (χ3n) is 4.14. The molecular formula is C20H17ClN6S. The number of aromatic nitrogens is 5. The number of anilines is 1. The Morgan fingerprint density at radius 3 is 2.64 bits per heavy atom. The Kier molecular flexibility index (Phi) is 5.27. The van der Waals surface area contributed by atoms with Gasteiger partial charge in [-0.2, -0.15) is 0 Å². The lowest BCUT2D eigenvalue weighted by atomic mass is 10.2. The van der Waals surface area contributed by atoms with Crippen molar-refractivity contribution in [3.8, 4) is 11.4 Å². The molecule has 0 fully saturated rings. The largest absolute Gasteiger partial charge is 0.383 e. The van der Waals surface area contributed by atoms with E-state index in [1.54, 1.807) is 0 Å². The van der Waals surface area contributed by atoms with Crippen molar-refractivity contribution in [1.29, 1.82) is 0 Å². The Morgan fingerprint density at radius 2 is 1.86 bits per heavy atom. The maximum Gasteiger partial charge on any atom is 0.192 e. The number of halogens is 1. The SMILES string of the molecule is C=CCn1c(SCc2nc(N)c3ccccc3n2)nnc1-c1ccc(Cl)cc1. The minimum atomic E-state index is 0.482. The Bertz CT molecular complexity index is 1140. The quantitative estimate of drug-likeness (QED) is 0.370. The number of nitrogens with zero attached hydrogens (tertiary/aromatic N) is 5. The number of hydrogen-bond donors (Lipinski definition) is 1. The third-order valence-corrected chi connectivity index (χ3v) is 5.36. The molecule has 6 nitrogen and oxygen atoms in total. The fourth-order valence-corrected chi connectivity index (χ4v) is 3.78. The number of para-hydroxylation sites is 1. The fraction of sp³-hybridized carbons (Fsp3) is 0.100. The molecule has 0 amide bonds. The Labute approximate surface area is 171 Å². The maximum absolute atomic E-state index is 6.08. The predicted octanol–water partition coefficient (Wildman–Crippen LogP) is 4.60. The van der Waals surface area contributed by atoms with Crippen LogP contribution in [0.15, 0.2) is 66.3 Å². The van der Waals surface area contributed by atoms with E-state index in [9.17, 15) is 0 Å². The summed E-state index contributed by atoms with van der Waals surface area (Å²) in [6.07, 6.45) is 1.82. The molecule has 2 N–H and O–H groups in total. The van der Waals surface area contributed by atoms with Gasteiger partial charge < -0.3 is 5.73 Å². The van der Waals surface area contributed by atoms with E-state index < -0.39 is 0 Å². The van der Waals surface area contributed by atoms with Gasteiger partial charge in [-0.15, -0.1) is 16.8 Å². The van der Waals surface area contributed by atoms with Crippen molar-refractivity contribution in [2.45, 2.75) is 17.5 Å². The smallest absolute Gasteiger partial charge is 0.192 e. The molecular weight excluding hydrogens is 392 g/mol. The Hall–Kier alpha value is -2.90. The van der Waals surface area contributed by atoms with Crippen molar-refractivity contribution >= 4 is 40.1 Å². The summed E-state index contributed by atoms with van der Waals surface area (Å²) < 4.78 is 2.01. The summed E-state index contributed by atoms with van der Waals surface area (Å²) in [5.74, 6) is 2.43. The molecule has 0 radical (unpaired) electrons. The third kappa shape index (κ3) is 3.72. The fourth-order valence-electron chi connectivity index (χ4n) is 2.85. The average Bonchev–Trinajstić information content (AvgIpc) is 3.10. The zero-order valence-electron chi connectivity index (χ0n) is 14.9. The number of rotatable bonds is 6. The van der Waals surface area contributed by atoms with E-state index in [0.29, 0.717) is 29.0 Å². The molecule has 0 bridgehead atoms. The number of fused-ring (bicyclic) bond motifs is 1. The van der Waals surface area contributed by atoms with E-state index in [0.717, 1.165) is 27.4 Å². The molecule has 28 heavy (non-hydrogen) atoms. The molecule has 2 aromatic heterocycles. The summed E-state index contributed by atoms with van der Waals surface area (Å²) in [6, 6.07) is 15.2. The van der Waals surface area contributed by atoms with E-state index in [1.165, 1.54) is 11.8 Å². The number of thioether (sulfide) groups is 1. The zero-order valence-corrected chi connectivity index (χ0v) is 16.5. The summed E-state index contributed by atoms with van der Waals surface area (Å²) >= 11 is 7.50. The second-order valence-electron chi connectivity index (χ2n) is 6.04. The summed E-state index contributed by atoms with van der Waals surface area (Å²) in [4.78, 5) is 9.02. The first-order valence-corrected chi connectivity index (χ1v) is 9.96. The van der Waals surface area contributed by atoms with Crippen LogP contribution < -0.4 is 5.73 Å². The average molecular weight is 409 g/mol. The minimum absolute atomic E-state index is 0.482. The molecule has 0 spiro atoms. The van der Waals surface area contributed by atoms with Crippen molar-refractivity contribution in [2.75, 3.05) is 5.73 Å². The first kappa shape index (κ1) is 18.5. The highest BCUT2D eigenvalue weighted by Crippen LogP contribution is 2.27. The van der Waals surface area contributed by atoms with Crippen molar-refractivity contribution < 1.29 is 0 Å². The van der Waals surface area contributed by atoms with Crippen LogP contribution in [0.1, 0.15) is 5.82 Å². The van der Waals surface area contributed by atoms with Crippen molar-refractivity contribution in [2.24, 2.45) is 0 Å². The molecule has 0 aliphatic heterocycles. The first-order chi connectivity index (χ1) is 13.7. The lowest BCUT2D eigenvalue weighted by molar-refractivity contribution is 0.730. The molecule has 2 heterocycles. The second kappa shape index (κ2) is 8.00. The van der Waals surface area contributed by atoms with Crippen LogP contribution in [-0.4, -0.2) is 24.7 Å². The van der Waals surface area contributed by atoms with E-state index in [2.05, 4.69) is 26.7 Å². The normalized spacial score (nSPS) is 11.0. The summed E-state index contributed by atoms with van der Waals surface area (Å²) in [5, 5.41) is 11.0. The Morgan fingerprint density at radius 1 is 1.07 bits per heavy atom. The summed E-state index contributed by atoms with van der Waals surface area (Å²) in [5.41, 5.74) is 7.85. The van der Waals surface area contributed by atoms with Crippen LogP contribution in [-0.2, 0) is 12.3 Å². The lowest BCUT2D eigenvalue weighted by Gasteiger charge is -2.08. The van der Waals surface area contributed by atoms with Crippen molar-refractivity contribution in [1.82, 2.24) is 24.7 Å². The van der Waals surface area contributed by atoms with E-state index >= 15 is 0 Å². The molecule has 0 saturated heterocycles. The van der Waals surface area contributed by atoms with Crippen molar-refractivity contribution in [3.05, 3.63) is 72.0 Å². The lowest BCUT2D eigenvalue weighted by Crippen LogP contribution is -2.02. The van der Waals surface area contributed by atoms with Crippen LogP contribution >= 0.6 is 23.4 Å². The second-order valence-corrected chi connectivity index (χ2v) is 7.42. The van der Waals surface area contributed by atoms with Gasteiger partial charge in [0.1, 0.15) is 11.6 Å². The van der Waals surface area contributed by atoms with Gasteiger partial charge in [0, 0.05) is 22.5 Å². The number of nitrogens with two attached hydrogens (primary N) is 1. The van der Waals surface area contributed by atoms with Gasteiger partial charge in [0.2, 0.25) is 0 Å². The van der Waals surface area contributed by atoms with Crippen molar-refractivity contribution in [3.63, 3.8) is 0 Å². The molecule has 0 saturated carbocycles. The first-order valence-electron chi connectivity index (χ1n) is 8.59. The maximum atomic E-state index is 6.08. The van der Waals surface area contributed by atoms with Gasteiger partial charge in [0.25, 0.3) is 0 Å². The van der Waals surface area contributed by atoms with Gasteiger partial charge in [-0.25, -0.2) is 9.97 Å². The van der Waals surface area contributed by atoms with E-state index in [1.807, 2.05) is 59.2 Å². The molecule has 4 rings (SSSR count). The number of benzene rings is 2. The topological polar surface area (TPSA) is 82.5 Å². The van der Waals surface area contributed by atoms with Gasteiger partial charge >= 0.3 is 0 Å². The van der Waals surface area contributed by atoms with Crippen LogP contribution in [0.2, 0.25) is 5.02 Å². The number of nitrogen functional groups attached to an aromatic ring is 1. The highest BCUT2D eigenvalue weighted by molar-refractivity contribution is 7.98. The highest BCUT2D eigenvalue weighted by Gasteiger charge is 2.15. The number of allylic oxidation sites excluding steroid dienone is 1. The summed E-state index contributed by atoms with van der Waals surface area (Å²) in [6.45, 7) is 4.43. The van der Waals surface area contributed by atoms with Crippen LogP contribution in [0.25, 0.3) is 22.3 Å². The van der Waals surface area contributed by atoms with Gasteiger partial charge in [-0.3, -0.25) is 4.57 Å². The molecule has 8 heteroatoms. The van der Waals surface area contributed by atoms with Gasteiger partial charge in [-0.05, 0) is 36.4 Å². The highest BCUT2D eigenvalue weighted by atomic mass is 35.5. The van der Waals surface area contributed by atoms with Crippen LogP contribution in [0.4, 0.5) is 5.82 Å². The predicted molar refractivity (Wildman–Crippen MR) is 114 cm³/mol. The molecule has 140 valence electrons. The van der Waals surface area contributed by atoms with Crippen LogP contribution in [0, 0.1) is 0 Å². The molecule has 0 aliphatic rings. The standard InChI is InChI=1S/C20H17ClN6S/c1-2-11-27-19(13-7-9-14(21)10-8-13)25-26-20(27)28-12-17-23-16-6-4-3-5-15(16)18(22)24-17/h2-10H,1,11-12H2,(H2,22,23,24). The monoisotopic (exact) mass is 408 g/mol. The summed E-state index contributed by atoms with van der Waals surface area (Å²) in [7, 11) is 0.